The Bertz CT molecular complexity index is 249. The minimum absolute atomic E-state index is 0.889. The van der Waals surface area contributed by atoms with E-state index in [9.17, 15) is 0 Å². The third-order valence-corrected chi connectivity index (χ3v) is 2.02. The highest BCUT2D eigenvalue weighted by Crippen LogP contribution is 2.13. The maximum atomic E-state index is 4.69. The summed E-state index contributed by atoms with van der Waals surface area (Å²) >= 11 is 0. The second-order valence-electron chi connectivity index (χ2n) is 3.32. The predicted molar refractivity (Wildman–Crippen MR) is 79.3 cm³/mol. The maximum absolute atomic E-state index is 4.69. The van der Waals surface area contributed by atoms with Crippen molar-refractivity contribution in [1.29, 1.82) is 0 Å². The topological polar surface area (TPSA) is 9.23 Å². The lowest BCUT2D eigenvalue weighted by Gasteiger charge is -1.99. The normalized spacial score (nSPS) is 8.29. The highest BCUT2D eigenvalue weighted by molar-refractivity contribution is 5.62. The van der Waals surface area contributed by atoms with E-state index in [1.54, 1.807) is 7.11 Å². The van der Waals surface area contributed by atoms with Crippen molar-refractivity contribution in [3.05, 3.63) is 42.5 Å². The molecule has 1 rings (SSSR count). The van der Waals surface area contributed by atoms with Crippen LogP contribution in [-0.2, 0) is 4.74 Å². The van der Waals surface area contributed by atoms with Crippen molar-refractivity contribution in [1.82, 2.24) is 0 Å². The Morgan fingerprint density at radius 1 is 1.12 bits per heavy atom. The molecule has 1 aromatic rings. The lowest BCUT2D eigenvalue weighted by atomic mass is 10.1. The van der Waals surface area contributed by atoms with E-state index < -0.39 is 0 Å². The zero-order valence-corrected chi connectivity index (χ0v) is 12.1. The molecule has 0 fully saturated rings. The first-order chi connectivity index (χ1) is 8.26. The fraction of sp³-hybridized carbons (Fsp3) is 0.500. The van der Waals surface area contributed by atoms with Gasteiger partial charge in [-0.25, -0.2) is 0 Å². The molecule has 0 aliphatic carbocycles. The number of hydrogen-bond acceptors (Lipinski definition) is 1. The first kappa shape index (κ1) is 18.3. The highest BCUT2D eigenvalue weighted by atomic mass is 16.5. The first-order valence-corrected chi connectivity index (χ1v) is 6.48. The molecule has 17 heavy (non-hydrogen) atoms. The van der Waals surface area contributed by atoms with E-state index in [2.05, 4.69) is 32.6 Å². The van der Waals surface area contributed by atoms with Crippen LogP contribution in [0.2, 0.25) is 0 Å². The minimum atomic E-state index is 0.889. The van der Waals surface area contributed by atoms with Crippen LogP contribution in [-0.4, -0.2) is 13.7 Å². The SMILES string of the molecule is C=C(CC)c1ccccc1.CC.CCCOC. The number of hydrogen-bond donors (Lipinski definition) is 0. The minimum Gasteiger partial charge on any atom is -0.385 e. The largest absolute Gasteiger partial charge is 0.385 e. The molecular weight excluding hydrogens is 208 g/mol. The van der Waals surface area contributed by atoms with Gasteiger partial charge in [0.2, 0.25) is 0 Å². The van der Waals surface area contributed by atoms with Crippen molar-refractivity contribution in [3.63, 3.8) is 0 Å². The summed E-state index contributed by atoms with van der Waals surface area (Å²) in [6.45, 7) is 13.0. The van der Waals surface area contributed by atoms with Crippen molar-refractivity contribution in [2.45, 2.75) is 40.5 Å². The highest BCUT2D eigenvalue weighted by Gasteiger charge is 1.91. The summed E-state index contributed by atoms with van der Waals surface area (Å²) < 4.78 is 4.69. The van der Waals surface area contributed by atoms with Crippen LogP contribution in [0.15, 0.2) is 36.9 Å². The summed E-state index contributed by atoms with van der Waals surface area (Å²) in [6.07, 6.45) is 2.15. The Morgan fingerprint density at radius 3 is 1.94 bits per heavy atom. The molecule has 98 valence electrons. The zero-order valence-electron chi connectivity index (χ0n) is 12.1. The Hall–Kier alpha value is -1.08. The molecule has 0 radical (unpaired) electrons. The second kappa shape index (κ2) is 14.9. The first-order valence-electron chi connectivity index (χ1n) is 6.48. The zero-order chi connectivity index (χ0) is 13.5. The Labute approximate surface area is 108 Å². The number of benzene rings is 1. The van der Waals surface area contributed by atoms with E-state index in [-0.39, 0.29) is 0 Å². The van der Waals surface area contributed by atoms with Gasteiger partial charge in [0.05, 0.1) is 0 Å². The van der Waals surface area contributed by atoms with Gasteiger partial charge < -0.3 is 4.74 Å². The van der Waals surface area contributed by atoms with Gasteiger partial charge in [-0.05, 0) is 24.0 Å². The summed E-state index contributed by atoms with van der Waals surface area (Å²) in [5, 5.41) is 0. The number of allylic oxidation sites excluding steroid dienone is 1. The molecule has 0 saturated carbocycles. The summed E-state index contributed by atoms with van der Waals surface area (Å²) in [5.74, 6) is 0. The lowest BCUT2D eigenvalue weighted by molar-refractivity contribution is 0.199. The van der Waals surface area contributed by atoms with Crippen molar-refractivity contribution in [2.75, 3.05) is 13.7 Å². The Balaban J connectivity index is 0. The van der Waals surface area contributed by atoms with Crippen LogP contribution in [0.3, 0.4) is 0 Å². The molecular formula is C16H28O. The molecule has 1 nitrogen and oxygen atoms in total. The molecule has 0 atom stereocenters. The molecule has 0 bridgehead atoms. The van der Waals surface area contributed by atoms with Crippen LogP contribution >= 0.6 is 0 Å². The van der Waals surface area contributed by atoms with Gasteiger partial charge in [0.25, 0.3) is 0 Å². The van der Waals surface area contributed by atoms with Crippen molar-refractivity contribution in [2.24, 2.45) is 0 Å². The number of methoxy groups -OCH3 is 1. The van der Waals surface area contributed by atoms with Gasteiger partial charge in [0.1, 0.15) is 0 Å². The van der Waals surface area contributed by atoms with Crippen molar-refractivity contribution >= 4 is 5.57 Å². The van der Waals surface area contributed by atoms with Crippen molar-refractivity contribution in [3.8, 4) is 0 Å². The summed E-state index contributed by atoms with van der Waals surface area (Å²) in [6, 6.07) is 10.3. The average molecular weight is 236 g/mol. The van der Waals surface area contributed by atoms with Crippen molar-refractivity contribution < 1.29 is 4.74 Å². The maximum Gasteiger partial charge on any atom is 0.0459 e. The summed E-state index contributed by atoms with van der Waals surface area (Å²) in [4.78, 5) is 0. The molecule has 0 saturated heterocycles. The second-order valence-corrected chi connectivity index (χ2v) is 3.32. The fourth-order valence-electron chi connectivity index (χ4n) is 1.08. The molecule has 0 aliphatic rings. The molecule has 0 N–H and O–H groups in total. The molecule has 0 amide bonds. The van der Waals surface area contributed by atoms with Crippen LogP contribution < -0.4 is 0 Å². The number of rotatable bonds is 4. The van der Waals surface area contributed by atoms with Crippen LogP contribution in [0.25, 0.3) is 5.57 Å². The van der Waals surface area contributed by atoms with Crippen LogP contribution in [0, 0.1) is 0 Å². The average Bonchev–Trinajstić information content (AvgIpc) is 2.43. The van der Waals surface area contributed by atoms with Crippen LogP contribution in [0.1, 0.15) is 46.1 Å². The third-order valence-electron chi connectivity index (χ3n) is 2.02. The van der Waals surface area contributed by atoms with Gasteiger partial charge >= 0.3 is 0 Å². The quantitative estimate of drug-likeness (QED) is 0.700. The lowest BCUT2D eigenvalue weighted by Crippen LogP contribution is -1.80. The monoisotopic (exact) mass is 236 g/mol. The van der Waals surface area contributed by atoms with E-state index in [1.807, 2.05) is 32.0 Å². The van der Waals surface area contributed by atoms with Gasteiger partial charge in [-0.1, -0.05) is 64.6 Å². The molecule has 0 heterocycles. The van der Waals surface area contributed by atoms with E-state index in [4.69, 9.17) is 4.74 Å². The smallest absolute Gasteiger partial charge is 0.0459 e. The van der Waals surface area contributed by atoms with E-state index in [1.165, 1.54) is 11.1 Å². The van der Waals surface area contributed by atoms with Gasteiger partial charge in [-0.3, -0.25) is 0 Å². The summed E-state index contributed by atoms with van der Waals surface area (Å²) in [5.41, 5.74) is 2.46. The molecule has 0 aromatic heterocycles. The van der Waals surface area contributed by atoms with Crippen LogP contribution in [0.4, 0.5) is 0 Å². The van der Waals surface area contributed by atoms with Gasteiger partial charge in [-0.15, -0.1) is 0 Å². The molecule has 0 unspecified atom stereocenters. The standard InChI is InChI=1S/C10H12.C4H10O.C2H6/c1-3-9(2)10-7-5-4-6-8-10;1-3-4-5-2;1-2/h4-8H,2-3H2,1H3;3-4H2,1-2H3;1-2H3. The predicted octanol–water partition coefficient (Wildman–Crippen LogP) is 5.18. The van der Waals surface area contributed by atoms with E-state index in [0.29, 0.717) is 0 Å². The Kier molecular flexibility index (Phi) is 16.1. The molecule has 1 heteroatoms. The van der Waals surface area contributed by atoms with E-state index >= 15 is 0 Å². The van der Waals surface area contributed by atoms with Crippen LogP contribution in [0.5, 0.6) is 0 Å². The third kappa shape index (κ3) is 11.2. The van der Waals surface area contributed by atoms with Gasteiger partial charge in [-0.2, -0.15) is 0 Å². The number of ether oxygens (including phenoxy) is 1. The molecule has 1 aromatic carbocycles. The summed E-state index contributed by atoms with van der Waals surface area (Å²) in [7, 11) is 1.71. The van der Waals surface area contributed by atoms with Gasteiger partial charge in [0.15, 0.2) is 0 Å². The fourth-order valence-corrected chi connectivity index (χ4v) is 1.08. The van der Waals surface area contributed by atoms with Gasteiger partial charge in [0, 0.05) is 13.7 Å². The molecule has 0 spiro atoms. The Morgan fingerprint density at radius 2 is 1.65 bits per heavy atom. The van der Waals surface area contributed by atoms with E-state index in [0.717, 1.165) is 19.4 Å². The molecule has 0 aliphatic heterocycles.